The largest absolute Gasteiger partial charge is 0.366 e. The summed E-state index contributed by atoms with van der Waals surface area (Å²) in [6.07, 6.45) is 6.00. The highest BCUT2D eigenvalue weighted by Crippen LogP contribution is 2.34. The van der Waals surface area contributed by atoms with Crippen LogP contribution in [0.4, 0.5) is 0 Å². The monoisotopic (exact) mass is 336 g/mol. The van der Waals surface area contributed by atoms with Gasteiger partial charge in [0.05, 0.1) is 6.04 Å². The Balaban J connectivity index is 1.79. The van der Waals surface area contributed by atoms with E-state index in [1.54, 1.807) is 24.3 Å². The van der Waals surface area contributed by atoms with Gasteiger partial charge in [-0.3, -0.25) is 9.59 Å². The molecule has 0 spiro atoms. The van der Waals surface area contributed by atoms with Gasteiger partial charge >= 0.3 is 0 Å². The van der Waals surface area contributed by atoms with Gasteiger partial charge in [-0.1, -0.05) is 49.6 Å². The van der Waals surface area contributed by atoms with Crippen LogP contribution in [-0.2, 0) is 0 Å². The number of amides is 2. The van der Waals surface area contributed by atoms with Gasteiger partial charge in [-0.2, -0.15) is 0 Å². The molecule has 130 valence electrons. The lowest BCUT2D eigenvalue weighted by molar-refractivity contribution is 0.0911. The molecule has 1 saturated carbocycles. The van der Waals surface area contributed by atoms with Crippen molar-refractivity contribution in [2.45, 2.75) is 38.1 Å². The maximum Gasteiger partial charge on any atom is 0.251 e. The lowest BCUT2D eigenvalue weighted by atomic mass is 9.81. The molecular formula is C21H24N2O2. The van der Waals surface area contributed by atoms with Crippen LogP contribution in [0.1, 0.15) is 64.4 Å². The second kappa shape index (κ2) is 7.97. The summed E-state index contributed by atoms with van der Waals surface area (Å²) in [6, 6.07) is 16.7. The Morgan fingerprint density at radius 2 is 1.48 bits per heavy atom. The maximum atomic E-state index is 12.7. The van der Waals surface area contributed by atoms with Crippen LogP contribution in [0.25, 0.3) is 0 Å². The molecule has 0 unspecified atom stereocenters. The molecule has 25 heavy (non-hydrogen) atoms. The molecule has 0 aliphatic heterocycles. The summed E-state index contributed by atoms with van der Waals surface area (Å²) >= 11 is 0. The maximum absolute atomic E-state index is 12.7. The van der Waals surface area contributed by atoms with E-state index in [1.807, 2.05) is 18.2 Å². The molecular weight excluding hydrogens is 312 g/mol. The molecule has 2 aromatic carbocycles. The molecule has 0 saturated heterocycles. The van der Waals surface area contributed by atoms with E-state index < -0.39 is 5.91 Å². The molecule has 2 amide bonds. The minimum absolute atomic E-state index is 0.0183. The Bertz CT molecular complexity index is 719. The molecule has 1 aliphatic rings. The van der Waals surface area contributed by atoms with Gasteiger partial charge in [0.25, 0.3) is 5.91 Å². The second-order valence-corrected chi connectivity index (χ2v) is 6.70. The van der Waals surface area contributed by atoms with Crippen molar-refractivity contribution in [2.75, 3.05) is 0 Å². The Morgan fingerprint density at radius 3 is 2.08 bits per heavy atom. The van der Waals surface area contributed by atoms with Crippen LogP contribution in [-0.4, -0.2) is 11.8 Å². The first-order chi connectivity index (χ1) is 12.1. The first kappa shape index (κ1) is 17.2. The highest BCUT2D eigenvalue weighted by atomic mass is 16.2. The van der Waals surface area contributed by atoms with E-state index in [0.29, 0.717) is 17.0 Å². The molecule has 4 heteroatoms. The van der Waals surface area contributed by atoms with Crippen molar-refractivity contribution in [3.05, 3.63) is 71.3 Å². The van der Waals surface area contributed by atoms with Crippen LogP contribution in [0.3, 0.4) is 0 Å². The average Bonchev–Trinajstić information content (AvgIpc) is 2.67. The van der Waals surface area contributed by atoms with E-state index >= 15 is 0 Å². The van der Waals surface area contributed by atoms with Crippen molar-refractivity contribution < 1.29 is 9.59 Å². The van der Waals surface area contributed by atoms with Crippen LogP contribution in [0.15, 0.2) is 54.6 Å². The summed E-state index contributed by atoms with van der Waals surface area (Å²) in [4.78, 5) is 23.9. The van der Waals surface area contributed by atoms with Gasteiger partial charge in [-0.15, -0.1) is 0 Å². The van der Waals surface area contributed by atoms with Crippen LogP contribution in [0.5, 0.6) is 0 Å². The molecule has 1 fully saturated rings. The van der Waals surface area contributed by atoms with Gasteiger partial charge in [0.2, 0.25) is 5.91 Å². The number of carbonyl (C=O) groups is 2. The molecule has 0 aromatic heterocycles. The summed E-state index contributed by atoms with van der Waals surface area (Å²) in [6.45, 7) is 0. The van der Waals surface area contributed by atoms with Crippen LogP contribution in [0.2, 0.25) is 0 Å². The normalized spacial score (nSPS) is 16.2. The zero-order chi connectivity index (χ0) is 17.6. The number of nitrogens with one attached hydrogen (secondary N) is 1. The van der Waals surface area contributed by atoms with Gasteiger partial charge in [-0.05, 0) is 48.6 Å². The highest BCUT2D eigenvalue weighted by Gasteiger charge is 2.26. The second-order valence-electron chi connectivity index (χ2n) is 6.70. The number of primary amides is 1. The van der Waals surface area contributed by atoms with E-state index in [9.17, 15) is 9.59 Å². The fourth-order valence-corrected chi connectivity index (χ4v) is 3.61. The molecule has 0 bridgehead atoms. The minimum Gasteiger partial charge on any atom is -0.366 e. The summed E-state index contributed by atoms with van der Waals surface area (Å²) in [5.74, 6) is -0.142. The zero-order valence-corrected chi connectivity index (χ0v) is 14.3. The standard InChI is InChI=1S/C21H24N2O2/c22-20(24)17-11-13-18(14-12-17)21(25)23-19(15-7-3-1-4-8-15)16-9-5-2-6-10-16/h1,3-4,7-8,11-14,16,19H,2,5-6,9-10H2,(H2,22,24)(H,23,25)/t19-/m0/s1. The molecule has 2 aromatic rings. The molecule has 1 aliphatic carbocycles. The van der Waals surface area contributed by atoms with Crippen molar-refractivity contribution in [1.29, 1.82) is 0 Å². The number of hydrogen-bond acceptors (Lipinski definition) is 2. The summed E-state index contributed by atoms with van der Waals surface area (Å²) in [5.41, 5.74) is 7.35. The summed E-state index contributed by atoms with van der Waals surface area (Å²) in [5, 5.41) is 3.21. The highest BCUT2D eigenvalue weighted by molar-refractivity contribution is 5.97. The summed E-state index contributed by atoms with van der Waals surface area (Å²) in [7, 11) is 0. The predicted octanol–water partition coefficient (Wildman–Crippen LogP) is 3.84. The van der Waals surface area contributed by atoms with Crippen molar-refractivity contribution in [3.8, 4) is 0 Å². The van der Waals surface area contributed by atoms with Crippen molar-refractivity contribution in [3.63, 3.8) is 0 Å². The Kier molecular flexibility index (Phi) is 5.49. The van der Waals surface area contributed by atoms with E-state index in [0.717, 1.165) is 18.4 Å². The number of rotatable bonds is 5. The molecule has 3 rings (SSSR count). The molecule has 4 nitrogen and oxygen atoms in total. The van der Waals surface area contributed by atoms with Crippen molar-refractivity contribution >= 4 is 11.8 Å². The van der Waals surface area contributed by atoms with Crippen molar-refractivity contribution in [1.82, 2.24) is 5.32 Å². The first-order valence-electron chi connectivity index (χ1n) is 8.91. The smallest absolute Gasteiger partial charge is 0.251 e. The zero-order valence-electron chi connectivity index (χ0n) is 14.3. The Hall–Kier alpha value is -2.62. The fourth-order valence-electron chi connectivity index (χ4n) is 3.61. The SMILES string of the molecule is NC(=O)c1ccc(C(=O)N[C@@H](c2ccccc2)C2CCCCC2)cc1. The minimum atomic E-state index is -0.490. The fraction of sp³-hybridized carbons (Fsp3) is 0.333. The molecule has 0 radical (unpaired) electrons. The third kappa shape index (κ3) is 4.27. The lowest BCUT2D eigenvalue weighted by Crippen LogP contribution is -2.34. The number of hydrogen-bond donors (Lipinski definition) is 2. The number of carbonyl (C=O) groups excluding carboxylic acids is 2. The van der Waals surface area contributed by atoms with Crippen LogP contribution in [0, 0.1) is 5.92 Å². The predicted molar refractivity (Wildman–Crippen MR) is 98.2 cm³/mol. The van der Waals surface area contributed by atoms with Gasteiger partial charge in [0, 0.05) is 11.1 Å². The van der Waals surface area contributed by atoms with E-state index in [2.05, 4.69) is 17.4 Å². The number of benzene rings is 2. The van der Waals surface area contributed by atoms with E-state index in [-0.39, 0.29) is 11.9 Å². The average molecular weight is 336 g/mol. The Morgan fingerprint density at radius 1 is 0.880 bits per heavy atom. The molecule has 0 heterocycles. The summed E-state index contributed by atoms with van der Waals surface area (Å²) < 4.78 is 0. The third-order valence-electron chi connectivity index (χ3n) is 5.00. The van der Waals surface area contributed by atoms with Gasteiger partial charge in [0.15, 0.2) is 0 Å². The van der Waals surface area contributed by atoms with Gasteiger partial charge < -0.3 is 11.1 Å². The van der Waals surface area contributed by atoms with Crippen molar-refractivity contribution in [2.24, 2.45) is 11.7 Å². The molecule has 3 N–H and O–H groups in total. The first-order valence-corrected chi connectivity index (χ1v) is 8.91. The van der Waals surface area contributed by atoms with Gasteiger partial charge in [0.1, 0.15) is 0 Å². The molecule has 1 atom stereocenters. The van der Waals surface area contributed by atoms with E-state index in [1.165, 1.54) is 19.3 Å². The quantitative estimate of drug-likeness (QED) is 0.871. The number of nitrogens with two attached hydrogens (primary N) is 1. The van der Waals surface area contributed by atoms with Gasteiger partial charge in [-0.25, -0.2) is 0 Å². The van der Waals surface area contributed by atoms with Crippen LogP contribution >= 0.6 is 0 Å². The van der Waals surface area contributed by atoms with E-state index in [4.69, 9.17) is 5.73 Å². The van der Waals surface area contributed by atoms with Crippen LogP contribution < -0.4 is 11.1 Å². The Labute approximate surface area is 148 Å². The third-order valence-corrected chi connectivity index (χ3v) is 5.00. The topological polar surface area (TPSA) is 72.2 Å². The lowest BCUT2D eigenvalue weighted by Gasteiger charge is -2.31.